The molecule has 0 saturated heterocycles. The van der Waals surface area contributed by atoms with Crippen LogP contribution in [0, 0.1) is 0 Å². The smallest absolute Gasteiger partial charge is 0.338 e. The van der Waals surface area contributed by atoms with Gasteiger partial charge in [-0.15, -0.1) is 0 Å². The van der Waals surface area contributed by atoms with Gasteiger partial charge in [0.25, 0.3) is 0 Å². The lowest BCUT2D eigenvalue weighted by Crippen LogP contribution is -2.07. The van der Waals surface area contributed by atoms with Crippen molar-refractivity contribution in [3.8, 4) is 5.75 Å². The Morgan fingerprint density at radius 3 is 2.47 bits per heavy atom. The first-order valence-corrected chi connectivity index (χ1v) is 6.88. The van der Waals surface area contributed by atoms with Gasteiger partial charge in [-0.25, -0.2) is 4.79 Å². The van der Waals surface area contributed by atoms with Crippen LogP contribution in [0.15, 0.2) is 18.2 Å². The monoisotopic (exact) mass is 265 g/mol. The Morgan fingerprint density at radius 2 is 1.84 bits per heavy atom. The zero-order chi connectivity index (χ0) is 14.1. The normalized spacial score (nSPS) is 10.2. The van der Waals surface area contributed by atoms with Gasteiger partial charge in [0.05, 0.1) is 24.5 Å². The maximum absolute atomic E-state index is 11.7. The SMILES string of the molecule is CCCCOC(=O)c1ccc(OCCCC)c(N)c1. The molecule has 0 aromatic heterocycles. The van der Waals surface area contributed by atoms with E-state index in [1.807, 2.05) is 6.92 Å². The summed E-state index contributed by atoms with van der Waals surface area (Å²) in [6.45, 7) is 5.24. The highest BCUT2D eigenvalue weighted by atomic mass is 16.5. The molecule has 4 heteroatoms. The Hall–Kier alpha value is -1.71. The molecule has 19 heavy (non-hydrogen) atoms. The molecule has 2 N–H and O–H groups in total. The molecule has 0 unspecified atom stereocenters. The van der Waals surface area contributed by atoms with Crippen LogP contribution < -0.4 is 10.5 Å². The number of rotatable bonds is 8. The van der Waals surface area contributed by atoms with E-state index < -0.39 is 0 Å². The van der Waals surface area contributed by atoms with Crippen LogP contribution in [-0.2, 0) is 4.74 Å². The third-order valence-electron chi connectivity index (χ3n) is 2.73. The van der Waals surface area contributed by atoms with Gasteiger partial charge < -0.3 is 15.2 Å². The summed E-state index contributed by atoms with van der Waals surface area (Å²) in [4.78, 5) is 11.7. The highest BCUT2D eigenvalue weighted by molar-refractivity contribution is 5.91. The average molecular weight is 265 g/mol. The summed E-state index contributed by atoms with van der Waals surface area (Å²) in [7, 11) is 0. The summed E-state index contributed by atoms with van der Waals surface area (Å²) >= 11 is 0. The van der Waals surface area contributed by atoms with E-state index in [9.17, 15) is 4.79 Å². The Kier molecular flexibility index (Phi) is 6.79. The minimum absolute atomic E-state index is 0.333. The fourth-order valence-corrected chi connectivity index (χ4v) is 1.53. The summed E-state index contributed by atoms with van der Waals surface area (Å²) in [5.41, 5.74) is 6.81. The van der Waals surface area contributed by atoms with Crippen molar-refractivity contribution in [2.24, 2.45) is 0 Å². The van der Waals surface area contributed by atoms with Crippen LogP contribution in [0.25, 0.3) is 0 Å². The van der Waals surface area contributed by atoms with Gasteiger partial charge >= 0.3 is 5.97 Å². The van der Waals surface area contributed by atoms with E-state index in [0.717, 1.165) is 25.7 Å². The van der Waals surface area contributed by atoms with Gasteiger partial charge in [-0.05, 0) is 31.0 Å². The second kappa shape index (κ2) is 8.40. The Labute approximate surface area is 114 Å². The highest BCUT2D eigenvalue weighted by Gasteiger charge is 2.09. The number of hydrogen-bond donors (Lipinski definition) is 1. The molecule has 0 saturated carbocycles. The molecule has 1 aromatic rings. The van der Waals surface area contributed by atoms with Crippen LogP contribution in [0.3, 0.4) is 0 Å². The summed E-state index contributed by atoms with van der Waals surface area (Å²) in [6.07, 6.45) is 3.93. The fraction of sp³-hybridized carbons (Fsp3) is 0.533. The van der Waals surface area contributed by atoms with Gasteiger partial charge in [0.2, 0.25) is 0 Å². The second-order valence-electron chi connectivity index (χ2n) is 4.44. The Bertz CT molecular complexity index is 404. The van der Waals surface area contributed by atoms with Crippen molar-refractivity contribution in [3.63, 3.8) is 0 Å². The number of unbranched alkanes of at least 4 members (excludes halogenated alkanes) is 2. The molecule has 0 amide bonds. The van der Waals surface area contributed by atoms with Gasteiger partial charge in [0.1, 0.15) is 5.75 Å². The zero-order valence-electron chi connectivity index (χ0n) is 11.8. The third kappa shape index (κ3) is 5.20. The van der Waals surface area contributed by atoms with Gasteiger partial charge in [-0.2, -0.15) is 0 Å². The first kappa shape index (κ1) is 15.3. The molecule has 1 rings (SSSR count). The topological polar surface area (TPSA) is 61.5 Å². The molecule has 0 aliphatic heterocycles. The number of nitrogen functional groups attached to an aromatic ring is 1. The van der Waals surface area contributed by atoms with Crippen molar-refractivity contribution >= 4 is 11.7 Å². The van der Waals surface area contributed by atoms with Crippen LogP contribution in [-0.4, -0.2) is 19.2 Å². The number of hydrogen-bond acceptors (Lipinski definition) is 4. The van der Waals surface area contributed by atoms with E-state index in [-0.39, 0.29) is 5.97 Å². The molecule has 4 nitrogen and oxygen atoms in total. The summed E-state index contributed by atoms with van der Waals surface area (Å²) in [5, 5.41) is 0. The first-order chi connectivity index (χ1) is 9.19. The van der Waals surface area contributed by atoms with E-state index in [1.54, 1.807) is 18.2 Å². The second-order valence-corrected chi connectivity index (χ2v) is 4.44. The molecule has 0 aliphatic rings. The van der Waals surface area contributed by atoms with E-state index in [4.69, 9.17) is 15.2 Å². The minimum atomic E-state index is -0.333. The standard InChI is InChI=1S/C15H23NO3/c1-3-5-9-18-14-8-7-12(11-13(14)16)15(17)19-10-6-4-2/h7-8,11H,3-6,9-10,16H2,1-2H3. The predicted octanol–water partition coefficient (Wildman–Crippen LogP) is 3.40. The lowest BCUT2D eigenvalue weighted by Gasteiger charge is -2.10. The molecule has 1 aromatic carbocycles. The summed E-state index contributed by atoms with van der Waals surface area (Å²) in [6, 6.07) is 5.02. The van der Waals surface area contributed by atoms with Crippen LogP contribution in [0.1, 0.15) is 49.9 Å². The van der Waals surface area contributed by atoms with Crippen LogP contribution in [0.2, 0.25) is 0 Å². The summed E-state index contributed by atoms with van der Waals surface area (Å²) in [5.74, 6) is 0.291. The number of nitrogens with two attached hydrogens (primary N) is 1. The summed E-state index contributed by atoms with van der Waals surface area (Å²) < 4.78 is 10.7. The van der Waals surface area contributed by atoms with Crippen molar-refractivity contribution in [1.29, 1.82) is 0 Å². The third-order valence-corrected chi connectivity index (χ3v) is 2.73. The molecule has 0 aliphatic carbocycles. The Morgan fingerprint density at radius 1 is 1.16 bits per heavy atom. The van der Waals surface area contributed by atoms with Crippen LogP contribution in [0.4, 0.5) is 5.69 Å². The van der Waals surface area contributed by atoms with Crippen molar-refractivity contribution in [3.05, 3.63) is 23.8 Å². The number of anilines is 1. The van der Waals surface area contributed by atoms with Crippen molar-refractivity contribution in [2.45, 2.75) is 39.5 Å². The molecule has 0 bridgehead atoms. The predicted molar refractivity (Wildman–Crippen MR) is 76.4 cm³/mol. The average Bonchev–Trinajstić information content (AvgIpc) is 2.41. The number of carbonyl (C=O) groups is 1. The van der Waals surface area contributed by atoms with E-state index in [2.05, 4.69) is 6.92 Å². The number of carbonyl (C=O) groups excluding carboxylic acids is 1. The maximum atomic E-state index is 11.7. The van der Waals surface area contributed by atoms with Crippen LogP contribution >= 0.6 is 0 Å². The molecule has 0 fully saturated rings. The molecule has 106 valence electrons. The van der Waals surface area contributed by atoms with Gasteiger partial charge in [0.15, 0.2) is 0 Å². The van der Waals surface area contributed by atoms with Crippen molar-refractivity contribution in [1.82, 2.24) is 0 Å². The number of esters is 1. The number of benzene rings is 1. The lowest BCUT2D eigenvalue weighted by atomic mass is 10.2. The molecular weight excluding hydrogens is 242 g/mol. The van der Waals surface area contributed by atoms with E-state index >= 15 is 0 Å². The molecule has 0 spiro atoms. The largest absolute Gasteiger partial charge is 0.491 e. The maximum Gasteiger partial charge on any atom is 0.338 e. The highest BCUT2D eigenvalue weighted by Crippen LogP contribution is 2.23. The Balaban J connectivity index is 2.57. The molecule has 0 radical (unpaired) electrons. The minimum Gasteiger partial charge on any atom is -0.491 e. The number of ether oxygens (including phenoxy) is 2. The molecule has 0 atom stereocenters. The lowest BCUT2D eigenvalue weighted by molar-refractivity contribution is 0.0500. The first-order valence-electron chi connectivity index (χ1n) is 6.88. The van der Waals surface area contributed by atoms with Gasteiger partial charge in [-0.1, -0.05) is 26.7 Å². The molecular formula is C15H23NO3. The van der Waals surface area contributed by atoms with Crippen molar-refractivity contribution in [2.75, 3.05) is 18.9 Å². The van der Waals surface area contributed by atoms with Gasteiger partial charge in [0, 0.05) is 0 Å². The quantitative estimate of drug-likeness (QED) is 0.444. The van der Waals surface area contributed by atoms with E-state index in [0.29, 0.717) is 30.2 Å². The molecule has 0 heterocycles. The van der Waals surface area contributed by atoms with Crippen molar-refractivity contribution < 1.29 is 14.3 Å². The van der Waals surface area contributed by atoms with Gasteiger partial charge in [-0.3, -0.25) is 0 Å². The zero-order valence-corrected chi connectivity index (χ0v) is 11.8. The van der Waals surface area contributed by atoms with E-state index in [1.165, 1.54) is 0 Å². The fourth-order valence-electron chi connectivity index (χ4n) is 1.53. The van der Waals surface area contributed by atoms with Crippen LogP contribution in [0.5, 0.6) is 5.75 Å².